The van der Waals surface area contributed by atoms with Crippen molar-refractivity contribution in [1.29, 1.82) is 0 Å². The molecule has 90 valence electrons. The van der Waals surface area contributed by atoms with E-state index in [1.54, 1.807) is 24.6 Å². The van der Waals surface area contributed by atoms with Crippen molar-refractivity contribution < 1.29 is 4.74 Å². The van der Waals surface area contributed by atoms with Gasteiger partial charge in [-0.1, -0.05) is 6.07 Å². The molecule has 0 fully saturated rings. The summed E-state index contributed by atoms with van der Waals surface area (Å²) in [6.07, 6.45) is 1.77. The summed E-state index contributed by atoms with van der Waals surface area (Å²) in [6, 6.07) is 8.54. The topological polar surface area (TPSA) is 34.1 Å². The fourth-order valence-corrected chi connectivity index (χ4v) is 2.34. The monoisotopic (exact) mass is 248 g/mol. The Morgan fingerprint density at radius 2 is 2.35 bits per heavy atom. The Kier molecular flexibility index (Phi) is 4.12. The Bertz CT molecular complexity index is 456. The van der Waals surface area contributed by atoms with Gasteiger partial charge in [0.15, 0.2) is 0 Å². The van der Waals surface area contributed by atoms with Crippen LogP contribution in [-0.4, -0.2) is 12.1 Å². The average Bonchev–Trinajstić information content (AvgIpc) is 2.90. The maximum atomic E-state index is 5.10. The van der Waals surface area contributed by atoms with Gasteiger partial charge in [0.2, 0.25) is 5.88 Å². The van der Waals surface area contributed by atoms with Crippen molar-refractivity contribution in [3.63, 3.8) is 0 Å². The molecule has 3 nitrogen and oxygen atoms in total. The van der Waals surface area contributed by atoms with Crippen LogP contribution in [0.25, 0.3) is 0 Å². The van der Waals surface area contributed by atoms with Crippen LogP contribution in [0.15, 0.2) is 35.8 Å². The first-order valence-corrected chi connectivity index (χ1v) is 6.43. The summed E-state index contributed by atoms with van der Waals surface area (Å²) in [7, 11) is 1.63. The molecule has 0 radical (unpaired) electrons. The number of hydrogen-bond donors (Lipinski definition) is 1. The van der Waals surface area contributed by atoms with Crippen LogP contribution in [-0.2, 0) is 6.54 Å². The van der Waals surface area contributed by atoms with Crippen LogP contribution >= 0.6 is 11.3 Å². The van der Waals surface area contributed by atoms with Gasteiger partial charge < -0.3 is 10.1 Å². The number of aromatic nitrogens is 1. The first-order chi connectivity index (χ1) is 8.29. The minimum Gasteiger partial charge on any atom is -0.481 e. The summed E-state index contributed by atoms with van der Waals surface area (Å²) in [6.45, 7) is 2.99. The number of methoxy groups -OCH3 is 1. The Morgan fingerprint density at radius 1 is 1.47 bits per heavy atom. The molecule has 0 aliphatic heterocycles. The zero-order chi connectivity index (χ0) is 12.1. The molecule has 1 N–H and O–H groups in total. The predicted octanol–water partition coefficient (Wildman–Crippen LogP) is 3.00. The van der Waals surface area contributed by atoms with Crippen LogP contribution in [0.2, 0.25) is 0 Å². The molecule has 2 rings (SSSR count). The van der Waals surface area contributed by atoms with E-state index in [-0.39, 0.29) is 0 Å². The van der Waals surface area contributed by atoms with Gasteiger partial charge in [-0.3, -0.25) is 0 Å². The second kappa shape index (κ2) is 5.80. The van der Waals surface area contributed by atoms with E-state index in [4.69, 9.17) is 4.74 Å². The Balaban J connectivity index is 1.93. The van der Waals surface area contributed by atoms with E-state index < -0.39 is 0 Å². The summed E-state index contributed by atoms with van der Waals surface area (Å²) in [5, 5.41) is 5.58. The first-order valence-electron chi connectivity index (χ1n) is 5.55. The van der Waals surface area contributed by atoms with E-state index in [1.807, 2.05) is 12.1 Å². The largest absolute Gasteiger partial charge is 0.481 e. The van der Waals surface area contributed by atoms with Crippen molar-refractivity contribution in [1.82, 2.24) is 10.3 Å². The Labute approximate surface area is 105 Å². The normalized spacial score (nSPS) is 12.4. The van der Waals surface area contributed by atoms with Gasteiger partial charge in [-0.05, 0) is 30.0 Å². The third kappa shape index (κ3) is 3.28. The predicted molar refractivity (Wildman–Crippen MR) is 70.4 cm³/mol. The molecule has 0 bridgehead atoms. The minimum atomic E-state index is 0.370. The quantitative estimate of drug-likeness (QED) is 0.883. The zero-order valence-corrected chi connectivity index (χ0v) is 10.8. The standard InChI is InChI=1S/C13H16N2OS/c1-10(12-4-3-7-17-12)15-9-11-5-6-14-13(8-11)16-2/h3-8,10,15H,9H2,1-2H3. The van der Waals surface area contributed by atoms with Crippen LogP contribution in [0.5, 0.6) is 5.88 Å². The van der Waals surface area contributed by atoms with Crippen molar-refractivity contribution in [2.24, 2.45) is 0 Å². The fraction of sp³-hybridized carbons (Fsp3) is 0.308. The second-order valence-electron chi connectivity index (χ2n) is 3.82. The molecule has 0 aromatic carbocycles. The highest BCUT2D eigenvalue weighted by atomic mass is 32.1. The van der Waals surface area contributed by atoms with Crippen LogP contribution in [0.3, 0.4) is 0 Å². The second-order valence-corrected chi connectivity index (χ2v) is 4.80. The molecule has 0 saturated carbocycles. The maximum absolute atomic E-state index is 5.10. The fourth-order valence-electron chi connectivity index (χ4n) is 1.58. The lowest BCUT2D eigenvalue weighted by Gasteiger charge is -2.12. The number of nitrogens with zero attached hydrogens (tertiary/aromatic N) is 1. The summed E-state index contributed by atoms with van der Waals surface area (Å²) in [5.41, 5.74) is 1.18. The van der Waals surface area contributed by atoms with Gasteiger partial charge >= 0.3 is 0 Å². The molecule has 2 aromatic heterocycles. The number of rotatable bonds is 5. The van der Waals surface area contributed by atoms with Gasteiger partial charge in [-0.15, -0.1) is 11.3 Å². The lowest BCUT2D eigenvalue weighted by molar-refractivity contribution is 0.397. The third-order valence-corrected chi connectivity index (χ3v) is 3.65. The van der Waals surface area contributed by atoms with Crippen molar-refractivity contribution in [2.75, 3.05) is 7.11 Å². The lowest BCUT2D eigenvalue weighted by atomic mass is 10.2. The highest BCUT2D eigenvalue weighted by Gasteiger charge is 2.05. The molecule has 1 unspecified atom stereocenters. The molecule has 0 aliphatic rings. The maximum Gasteiger partial charge on any atom is 0.213 e. The van der Waals surface area contributed by atoms with Crippen LogP contribution < -0.4 is 10.1 Å². The van der Waals surface area contributed by atoms with Gasteiger partial charge in [0.25, 0.3) is 0 Å². The van der Waals surface area contributed by atoms with Crippen LogP contribution in [0.4, 0.5) is 0 Å². The Hall–Kier alpha value is -1.39. The molecule has 1 atom stereocenters. The molecular weight excluding hydrogens is 232 g/mol. The molecule has 0 spiro atoms. The van der Waals surface area contributed by atoms with Crippen LogP contribution in [0.1, 0.15) is 23.4 Å². The van der Waals surface area contributed by atoms with E-state index in [0.29, 0.717) is 11.9 Å². The number of hydrogen-bond acceptors (Lipinski definition) is 4. The highest BCUT2D eigenvalue weighted by Crippen LogP contribution is 2.18. The number of thiophene rings is 1. The van der Waals surface area contributed by atoms with E-state index in [9.17, 15) is 0 Å². The van der Waals surface area contributed by atoms with E-state index in [0.717, 1.165) is 6.54 Å². The molecule has 2 heterocycles. The third-order valence-electron chi connectivity index (χ3n) is 2.59. The highest BCUT2D eigenvalue weighted by molar-refractivity contribution is 7.10. The van der Waals surface area contributed by atoms with E-state index in [1.165, 1.54) is 10.4 Å². The summed E-state index contributed by atoms with van der Waals surface area (Å²) in [5.74, 6) is 0.660. The van der Waals surface area contributed by atoms with Crippen molar-refractivity contribution in [2.45, 2.75) is 19.5 Å². The van der Waals surface area contributed by atoms with Crippen molar-refractivity contribution in [3.8, 4) is 5.88 Å². The summed E-state index contributed by atoms with van der Waals surface area (Å²) in [4.78, 5) is 5.44. The van der Waals surface area contributed by atoms with Gasteiger partial charge in [-0.2, -0.15) is 0 Å². The van der Waals surface area contributed by atoms with Gasteiger partial charge in [-0.25, -0.2) is 4.98 Å². The summed E-state index contributed by atoms with van der Waals surface area (Å²) >= 11 is 1.77. The van der Waals surface area contributed by atoms with Crippen molar-refractivity contribution >= 4 is 11.3 Å². The zero-order valence-electron chi connectivity index (χ0n) is 10.0. The van der Waals surface area contributed by atoms with Gasteiger partial charge in [0, 0.05) is 29.7 Å². The molecule has 2 aromatic rings. The van der Waals surface area contributed by atoms with Crippen molar-refractivity contribution in [3.05, 3.63) is 46.3 Å². The average molecular weight is 248 g/mol. The SMILES string of the molecule is COc1cc(CNC(C)c2cccs2)ccn1. The van der Waals surface area contributed by atoms with Gasteiger partial charge in [0.1, 0.15) is 0 Å². The molecule has 0 saturated heterocycles. The molecular formula is C13H16N2OS. The summed E-state index contributed by atoms with van der Waals surface area (Å²) < 4.78 is 5.10. The smallest absolute Gasteiger partial charge is 0.213 e. The molecule has 0 aliphatic carbocycles. The number of pyridine rings is 1. The van der Waals surface area contributed by atoms with E-state index >= 15 is 0 Å². The lowest BCUT2D eigenvalue weighted by Crippen LogP contribution is -2.17. The number of ether oxygens (including phenoxy) is 1. The molecule has 0 amide bonds. The molecule has 17 heavy (non-hydrogen) atoms. The first kappa shape index (κ1) is 12.1. The van der Waals surface area contributed by atoms with Crippen LogP contribution in [0, 0.1) is 0 Å². The molecule has 4 heteroatoms. The van der Waals surface area contributed by atoms with E-state index in [2.05, 4.69) is 34.7 Å². The van der Waals surface area contributed by atoms with Gasteiger partial charge in [0.05, 0.1) is 7.11 Å². The Morgan fingerprint density at radius 3 is 3.06 bits per heavy atom. The minimum absolute atomic E-state index is 0.370. The number of nitrogens with one attached hydrogen (secondary N) is 1.